The lowest BCUT2D eigenvalue weighted by Gasteiger charge is -2.29. The molecule has 12 heteroatoms. The van der Waals surface area contributed by atoms with Gasteiger partial charge in [0.05, 0.1) is 43.7 Å². The standard InChI is InChI=1S/C30H50FN5O4.2ClH/c1-2-3-4-5-6-7-8-11-16-35(29(37)27(33)12-9-10-15-32)22-25-23-36(30(38)40-25)24-13-14-28(26(31)21-24)34-17-19-39-20-18-34;;/h13-14,21,25,27H,2-12,15-20,22-23,32-33H2,1H3;2*1H/t25-,27-;;/m0../s1. The van der Waals surface area contributed by atoms with Crippen LogP contribution in [0.4, 0.5) is 20.6 Å². The highest BCUT2D eigenvalue weighted by atomic mass is 35.5. The van der Waals surface area contributed by atoms with Gasteiger partial charge < -0.3 is 30.7 Å². The van der Waals surface area contributed by atoms with Crippen LogP contribution in [-0.4, -0.2) is 81.5 Å². The summed E-state index contributed by atoms with van der Waals surface area (Å²) in [6.45, 7) is 6.27. The maximum absolute atomic E-state index is 15.0. The van der Waals surface area contributed by atoms with Gasteiger partial charge >= 0.3 is 6.09 Å². The van der Waals surface area contributed by atoms with Crippen molar-refractivity contribution in [3.8, 4) is 0 Å². The molecule has 0 aliphatic carbocycles. The zero-order valence-corrected chi connectivity index (χ0v) is 26.8. The number of morpholine rings is 1. The lowest BCUT2D eigenvalue weighted by atomic mass is 10.1. The highest BCUT2D eigenvalue weighted by Crippen LogP contribution is 2.29. The van der Waals surface area contributed by atoms with E-state index in [1.807, 2.05) is 4.90 Å². The second-order valence-electron chi connectivity index (χ2n) is 11.0. The Balaban J connectivity index is 0.00000441. The van der Waals surface area contributed by atoms with Crippen LogP contribution in [0.3, 0.4) is 0 Å². The third kappa shape index (κ3) is 12.0. The number of ether oxygens (including phenoxy) is 2. The summed E-state index contributed by atoms with van der Waals surface area (Å²) in [7, 11) is 0. The Morgan fingerprint density at radius 3 is 2.36 bits per heavy atom. The van der Waals surface area contributed by atoms with E-state index in [0.29, 0.717) is 57.2 Å². The summed E-state index contributed by atoms with van der Waals surface area (Å²) < 4.78 is 26.0. The van der Waals surface area contributed by atoms with Crippen molar-refractivity contribution in [3.63, 3.8) is 0 Å². The number of cyclic esters (lactones) is 1. The van der Waals surface area contributed by atoms with E-state index in [4.69, 9.17) is 20.9 Å². The van der Waals surface area contributed by atoms with Crippen molar-refractivity contribution >= 4 is 48.2 Å². The van der Waals surface area contributed by atoms with Gasteiger partial charge in [-0.3, -0.25) is 9.69 Å². The summed E-state index contributed by atoms with van der Waals surface area (Å²) in [6, 6.07) is 4.23. The van der Waals surface area contributed by atoms with E-state index in [-0.39, 0.29) is 49.6 Å². The molecule has 2 aliphatic rings. The molecule has 42 heavy (non-hydrogen) atoms. The smallest absolute Gasteiger partial charge is 0.414 e. The lowest BCUT2D eigenvalue weighted by molar-refractivity contribution is -0.134. The maximum atomic E-state index is 15.0. The highest BCUT2D eigenvalue weighted by Gasteiger charge is 2.35. The molecular formula is C30H52Cl2FN5O4. The number of rotatable bonds is 18. The van der Waals surface area contributed by atoms with E-state index in [9.17, 15) is 14.0 Å². The van der Waals surface area contributed by atoms with Crippen LogP contribution >= 0.6 is 24.8 Å². The normalized spacial score (nSPS) is 17.3. The lowest BCUT2D eigenvalue weighted by Crippen LogP contribution is -2.47. The average molecular weight is 637 g/mol. The van der Waals surface area contributed by atoms with E-state index in [1.54, 1.807) is 17.0 Å². The number of nitrogens with two attached hydrogens (primary N) is 2. The van der Waals surface area contributed by atoms with Gasteiger partial charge in [0, 0.05) is 19.6 Å². The quantitative estimate of drug-likeness (QED) is 0.212. The average Bonchev–Trinajstić information content (AvgIpc) is 3.33. The van der Waals surface area contributed by atoms with E-state index >= 15 is 0 Å². The minimum Gasteiger partial charge on any atom is -0.442 e. The number of amides is 2. The molecule has 0 unspecified atom stereocenters. The zero-order valence-electron chi connectivity index (χ0n) is 25.1. The van der Waals surface area contributed by atoms with Crippen LogP contribution in [0, 0.1) is 5.82 Å². The van der Waals surface area contributed by atoms with Crippen LogP contribution in [-0.2, 0) is 14.3 Å². The predicted octanol–water partition coefficient (Wildman–Crippen LogP) is 5.26. The highest BCUT2D eigenvalue weighted by molar-refractivity contribution is 5.90. The molecule has 1 aromatic carbocycles. The van der Waals surface area contributed by atoms with Crippen molar-refractivity contribution in [1.82, 2.24) is 4.90 Å². The molecule has 4 N–H and O–H groups in total. The number of carbonyl (C=O) groups is 2. The molecule has 0 saturated carbocycles. The van der Waals surface area contributed by atoms with Crippen LogP contribution < -0.4 is 21.3 Å². The Labute approximate surface area is 263 Å². The van der Waals surface area contributed by atoms with E-state index in [1.165, 1.54) is 43.1 Å². The van der Waals surface area contributed by atoms with Gasteiger partial charge in [0.1, 0.15) is 11.9 Å². The van der Waals surface area contributed by atoms with Gasteiger partial charge in [-0.25, -0.2) is 9.18 Å². The first-order valence-corrected chi connectivity index (χ1v) is 15.3. The van der Waals surface area contributed by atoms with Crippen LogP contribution in [0.15, 0.2) is 18.2 Å². The van der Waals surface area contributed by atoms with Gasteiger partial charge in [0.15, 0.2) is 0 Å². The first kappa shape index (κ1) is 38.2. The zero-order chi connectivity index (χ0) is 28.7. The summed E-state index contributed by atoms with van der Waals surface area (Å²) in [4.78, 5) is 31.2. The molecule has 2 atom stereocenters. The third-order valence-electron chi connectivity index (χ3n) is 7.77. The maximum Gasteiger partial charge on any atom is 0.414 e. The van der Waals surface area contributed by atoms with Gasteiger partial charge in [-0.1, -0.05) is 58.3 Å². The molecule has 242 valence electrons. The molecule has 2 heterocycles. The monoisotopic (exact) mass is 635 g/mol. The summed E-state index contributed by atoms with van der Waals surface area (Å²) in [6.07, 6.45) is 10.5. The SMILES string of the molecule is CCCCCCCCCCN(C[C@H]1CN(c2ccc(N3CCOCC3)c(F)c2)C(=O)O1)C(=O)[C@@H](N)CCCCN.Cl.Cl. The number of hydrogen-bond acceptors (Lipinski definition) is 7. The van der Waals surface area contributed by atoms with E-state index in [2.05, 4.69) is 6.92 Å². The molecule has 3 rings (SSSR count). The fourth-order valence-corrected chi connectivity index (χ4v) is 5.39. The topological polar surface area (TPSA) is 114 Å². The first-order valence-electron chi connectivity index (χ1n) is 15.3. The molecule has 2 amide bonds. The van der Waals surface area contributed by atoms with Crippen molar-refractivity contribution in [2.24, 2.45) is 11.5 Å². The molecule has 0 radical (unpaired) electrons. The fourth-order valence-electron chi connectivity index (χ4n) is 5.39. The number of hydrogen-bond donors (Lipinski definition) is 2. The number of halogens is 3. The fraction of sp³-hybridized carbons (Fsp3) is 0.733. The van der Waals surface area contributed by atoms with Crippen LogP contribution in [0.2, 0.25) is 0 Å². The number of nitrogens with zero attached hydrogens (tertiary/aromatic N) is 3. The molecular weight excluding hydrogens is 584 g/mol. The van der Waals surface area contributed by atoms with Gasteiger partial charge in [0.2, 0.25) is 5.91 Å². The van der Waals surface area contributed by atoms with Gasteiger partial charge in [-0.15, -0.1) is 24.8 Å². The predicted molar refractivity (Wildman–Crippen MR) is 172 cm³/mol. The number of carbonyl (C=O) groups excluding carboxylic acids is 2. The van der Waals surface area contributed by atoms with Crippen molar-refractivity contribution in [2.75, 3.05) is 62.3 Å². The second-order valence-corrected chi connectivity index (χ2v) is 11.0. The Morgan fingerprint density at radius 1 is 1.05 bits per heavy atom. The summed E-state index contributed by atoms with van der Waals surface area (Å²) in [5.74, 6) is -0.499. The van der Waals surface area contributed by atoms with Crippen molar-refractivity contribution in [1.29, 1.82) is 0 Å². The Hall–Kier alpha value is -1.85. The third-order valence-corrected chi connectivity index (χ3v) is 7.77. The Bertz CT molecular complexity index is 926. The summed E-state index contributed by atoms with van der Waals surface area (Å²) in [5, 5.41) is 0. The Kier molecular flexibility index (Phi) is 19.0. The summed E-state index contributed by atoms with van der Waals surface area (Å²) in [5.41, 5.74) is 12.8. The van der Waals surface area contributed by atoms with Crippen LogP contribution in [0.5, 0.6) is 0 Å². The first-order chi connectivity index (χ1) is 19.4. The molecule has 9 nitrogen and oxygen atoms in total. The van der Waals surface area contributed by atoms with E-state index in [0.717, 1.165) is 32.1 Å². The number of anilines is 2. The molecule has 2 aliphatic heterocycles. The van der Waals surface area contributed by atoms with Crippen LogP contribution in [0.25, 0.3) is 0 Å². The van der Waals surface area contributed by atoms with Gasteiger partial charge in [-0.2, -0.15) is 0 Å². The molecule has 0 aromatic heterocycles. The Morgan fingerprint density at radius 2 is 1.71 bits per heavy atom. The molecule has 1 aromatic rings. The number of benzene rings is 1. The van der Waals surface area contributed by atoms with Crippen LogP contribution in [0.1, 0.15) is 77.6 Å². The molecule has 0 bridgehead atoms. The van der Waals surface area contributed by atoms with Crippen molar-refractivity contribution < 1.29 is 23.5 Å². The van der Waals surface area contributed by atoms with Gasteiger partial charge in [0.25, 0.3) is 0 Å². The van der Waals surface area contributed by atoms with Gasteiger partial charge in [-0.05, 0) is 44.0 Å². The minimum absolute atomic E-state index is 0. The van der Waals surface area contributed by atoms with Crippen molar-refractivity contribution in [2.45, 2.75) is 89.7 Å². The molecule has 2 saturated heterocycles. The number of unbranched alkanes of at least 4 members (excludes halogenated alkanes) is 8. The molecule has 2 fully saturated rings. The molecule has 0 spiro atoms. The van der Waals surface area contributed by atoms with E-state index < -0.39 is 18.2 Å². The largest absolute Gasteiger partial charge is 0.442 e. The van der Waals surface area contributed by atoms with Crippen molar-refractivity contribution in [3.05, 3.63) is 24.0 Å². The summed E-state index contributed by atoms with van der Waals surface area (Å²) >= 11 is 0. The minimum atomic E-state index is -0.601. The second kappa shape index (κ2) is 21.0.